The number of rotatable bonds is 4. The van der Waals surface area contributed by atoms with Crippen molar-refractivity contribution < 1.29 is 4.79 Å². The smallest absolute Gasteiger partial charge is 0.230 e. The molecule has 24 heavy (non-hydrogen) atoms. The van der Waals surface area contributed by atoms with E-state index in [0.29, 0.717) is 17.5 Å². The van der Waals surface area contributed by atoms with Crippen molar-refractivity contribution in [2.75, 3.05) is 5.32 Å². The summed E-state index contributed by atoms with van der Waals surface area (Å²) < 4.78 is 1.11. The molecule has 0 fully saturated rings. The van der Waals surface area contributed by atoms with Crippen molar-refractivity contribution in [2.24, 2.45) is 0 Å². The number of hydrogen-bond donors (Lipinski definition) is 1. The first-order valence-corrected chi connectivity index (χ1v) is 9.00. The molecule has 0 radical (unpaired) electrons. The number of carbonyl (C=O) groups excluding carboxylic acids is 1. The standard InChI is InChI=1S/C20H22N2OS/c1-12(2)16-7-5-15(6-8-16)11-19(23)22-20-21-17-9-13(3)14(4)10-18(17)24-20/h5-10,12H,11H2,1-4H3,(H,21,22,23). The van der Waals surface area contributed by atoms with Gasteiger partial charge < -0.3 is 5.32 Å². The van der Waals surface area contributed by atoms with Crippen LogP contribution in [0, 0.1) is 13.8 Å². The molecule has 0 spiro atoms. The Morgan fingerprint density at radius 1 is 1.12 bits per heavy atom. The number of aryl methyl sites for hydroxylation is 2. The largest absolute Gasteiger partial charge is 0.302 e. The van der Waals surface area contributed by atoms with Crippen molar-refractivity contribution in [1.82, 2.24) is 4.98 Å². The third-order valence-corrected chi connectivity index (χ3v) is 5.19. The zero-order valence-corrected chi connectivity index (χ0v) is 15.3. The number of fused-ring (bicyclic) bond motifs is 1. The molecule has 0 aliphatic carbocycles. The molecule has 0 bridgehead atoms. The predicted molar refractivity (Wildman–Crippen MR) is 102 cm³/mol. The topological polar surface area (TPSA) is 42.0 Å². The summed E-state index contributed by atoms with van der Waals surface area (Å²) in [5.41, 5.74) is 5.71. The minimum Gasteiger partial charge on any atom is -0.302 e. The summed E-state index contributed by atoms with van der Waals surface area (Å²) in [6.45, 7) is 8.50. The molecule has 1 aromatic heterocycles. The monoisotopic (exact) mass is 338 g/mol. The Balaban J connectivity index is 1.70. The number of carbonyl (C=O) groups is 1. The summed E-state index contributed by atoms with van der Waals surface area (Å²) in [6.07, 6.45) is 0.367. The average Bonchev–Trinajstić information content (AvgIpc) is 2.89. The molecule has 3 aromatic rings. The highest BCUT2D eigenvalue weighted by Gasteiger charge is 2.10. The molecule has 4 heteroatoms. The van der Waals surface area contributed by atoms with Gasteiger partial charge in [-0.15, -0.1) is 0 Å². The van der Waals surface area contributed by atoms with Crippen molar-refractivity contribution in [3.8, 4) is 0 Å². The molecule has 0 saturated heterocycles. The van der Waals surface area contributed by atoms with Crippen LogP contribution in [0.15, 0.2) is 36.4 Å². The van der Waals surface area contributed by atoms with Crippen LogP contribution in [-0.2, 0) is 11.2 Å². The van der Waals surface area contributed by atoms with Crippen LogP contribution in [0.1, 0.15) is 42.0 Å². The van der Waals surface area contributed by atoms with Gasteiger partial charge in [-0.3, -0.25) is 4.79 Å². The first-order valence-electron chi connectivity index (χ1n) is 8.19. The highest BCUT2D eigenvalue weighted by Crippen LogP contribution is 2.28. The van der Waals surface area contributed by atoms with E-state index < -0.39 is 0 Å². The molecule has 3 nitrogen and oxygen atoms in total. The molecule has 0 aliphatic heterocycles. The Morgan fingerprint density at radius 3 is 2.46 bits per heavy atom. The van der Waals surface area contributed by atoms with Crippen LogP contribution >= 0.6 is 11.3 Å². The molecule has 3 rings (SSSR count). The van der Waals surface area contributed by atoms with E-state index in [9.17, 15) is 4.79 Å². The molecule has 0 atom stereocenters. The number of aromatic nitrogens is 1. The van der Waals surface area contributed by atoms with Crippen LogP contribution in [0.25, 0.3) is 10.2 Å². The summed E-state index contributed by atoms with van der Waals surface area (Å²) in [5, 5.41) is 3.59. The Hall–Kier alpha value is -2.20. The number of anilines is 1. The quantitative estimate of drug-likeness (QED) is 0.709. The molecule has 0 unspecified atom stereocenters. The van der Waals surface area contributed by atoms with Gasteiger partial charge in [0, 0.05) is 0 Å². The summed E-state index contributed by atoms with van der Waals surface area (Å²) in [5.74, 6) is 0.474. The highest BCUT2D eigenvalue weighted by molar-refractivity contribution is 7.22. The number of nitrogens with zero attached hydrogens (tertiary/aromatic N) is 1. The van der Waals surface area contributed by atoms with E-state index >= 15 is 0 Å². The molecule has 1 N–H and O–H groups in total. The SMILES string of the molecule is Cc1cc2nc(NC(=O)Cc3ccc(C(C)C)cc3)sc2cc1C. The van der Waals surface area contributed by atoms with Crippen LogP contribution in [0.3, 0.4) is 0 Å². The van der Waals surface area contributed by atoms with Crippen LogP contribution < -0.4 is 5.32 Å². The van der Waals surface area contributed by atoms with Gasteiger partial charge in [-0.25, -0.2) is 4.98 Å². The van der Waals surface area contributed by atoms with Gasteiger partial charge in [0.1, 0.15) is 0 Å². The maximum atomic E-state index is 12.3. The number of hydrogen-bond acceptors (Lipinski definition) is 3. The first kappa shape index (κ1) is 16.7. The predicted octanol–water partition coefficient (Wildman–Crippen LogP) is 5.22. The van der Waals surface area contributed by atoms with Gasteiger partial charge in [0.15, 0.2) is 5.13 Å². The number of thiazole rings is 1. The fourth-order valence-electron chi connectivity index (χ4n) is 2.60. The summed E-state index contributed by atoms with van der Waals surface area (Å²) >= 11 is 1.52. The maximum absolute atomic E-state index is 12.3. The normalized spacial score (nSPS) is 11.2. The second-order valence-electron chi connectivity index (χ2n) is 6.54. The van der Waals surface area contributed by atoms with Gasteiger partial charge in [-0.05, 0) is 54.2 Å². The van der Waals surface area contributed by atoms with Crippen molar-refractivity contribution >= 4 is 32.6 Å². The van der Waals surface area contributed by atoms with E-state index in [1.54, 1.807) is 0 Å². The fourth-order valence-corrected chi connectivity index (χ4v) is 3.56. The Labute approximate surface area is 146 Å². The molecule has 1 heterocycles. The van der Waals surface area contributed by atoms with Crippen LogP contribution in [0.2, 0.25) is 0 Å². The van der Waals surface area contributed by atoms with Crippen molar-refractivity contribution in [3.63, 3.8) is 0 Å². The lowest BCUT2D eigenvalue weighted by atomic mass is 10.0. The Bertz CT molecular complexity index is 840. The van der Waals surface area contributed by atoms with E-state index in [1.807, 2.05) is 12.1 Å². The van der Waals surface area contributed by atoms with Crippen LogP contribution in [0.5, 0.6) is 0 Å². The molecule has 1 amide bonds. The van der Waals surface area contributed by atoms with Gasteiger partial charge in [0.2, 0.25) is 5.91 Å². The zero-order chi connectivity index (χ0) is 17.3. The van der Waals surface area contributed by atoms with Gasteiger partial charge in [0.05, 0.1) is 16.6 Å². The lowest BCUT2D eigenvalue weighted by molar-refractivity contribution is -0.115. The lowest BCUT2D eigenvalue weighted by Crippen LogP contribution is -2.14. The average molecular weight is 338 g/mol. The lowest BCUT2D eigenvalue weighted by Gasteiger charge is -2.06. The molecule has 124 valence electrons. The second-order valence-corrected chi connectivity index (χ2v) is 7.58. The van der Waals surface area contributed by atoms with Crippen LogP contribution in [0.4, 0.5) is 5.13 Å². The van der Waals surface area contributed by atoms with Gasteiger partial charge >= 0.3 is 0 Å². The van der Waals surface area contributed by atoms with Gasteiger partial charge in [-0.2, -0.15) is 0 Å². The van der Waals surface area contributed by atoms with Crippen molar-refractivity contribution in [2.45, 2.75) is 40.0 Å². The molecular weight excluding hydrogens is 316 g/mol. The van der Waals surface area contributed by atoms with E-state index in [1.165, 1.54) is 28.0 Å². The van der Waals surface area contributed by atoms with Crippen molar-refractivity contribution in [3.05, 3.63) is 58.7 Å². The maximum Gasteiger partial charge on any atom is 0.230 e. The summed E-state index contributed by atoms with van der Waals surface area (Å²) in [4.78, 5) is 16.8. The minimum atomic E-state index is -0.0280. The van der Waals surface area contributed by atoms with Gasteiger partial charge in [0.25, 0.3) is 0 Å². The number of amides is 1. The minimum absolute atomic E-state index is 0.0280. The molecule has 2 aromatic carbocycles. The fraction of sp³-hybridized carbons (Fsp3) is 0.300. The zero-order valence-electron chi connectivity index (χ0n) is 14.5. The van der Waals surface area contributed by atoms with Crippen LogP contribution in [-0.4, -0.2) is 10.9 Å². The molecule has 0 saturated carbocycles. The first-order chi connectivity index (χ1) is 11.4. The van der Waals surface area contributed by atoms with Gasteiger partial charge in [-0.1, -0.05) is 49.4 Å². The third-order valence-electron chi connectivity index (χ3n) is 4.26. The molecular formula is C20H22N2OS. The van der Waals surface area contributed by atoms with E-state index in [-0.39, 0.29) is 5.91 Å². The van der Waals surface area contributed by atoms with E-state index in [0.717, 1.165) is 15.8 Å². The second kappa shape index (κ2) is 6.73. The summed E-state index contributed by atoms with van der Waals surface area (Å²) in [7, 11) is 0. The van der Waals surface area contributed by atoms with E-state index in [4.69, 9.17) is 0 Å². The van der Waals surface area contributed by atoms with Crippen molar-refractivity contribution in [1.29, 1.82) is 0 Å². The number of benzene rings is 2. The summed E-state index contributed by atoms with van der Waals surface area (Å²) in [6, 6.07) is 12.4. The third kappa shape index (κ3) is 3.65. The Kier molecular flexibility index (Phi) is 4.67. The molecule has 0 aliphatic rings. The van der Waals surface area contributed by atoms with E-state index in [2.05, 4.69) is 62.3 Å². The highest BCUT2D eigenvalue weighted by atomic mass is 32.1. The number of nitrogens with one attached hydrogen (secondary N) is 1. The Morgan fingerprint density at radius 2 is 1.79 bits per heavy atom.